The summed E-state index contributed by atoms with van der Waals surface area (Å²) in [5.74, 6) is 3.32. The highest BCUT2D eigenvalue weighted by Gasteiger charge is 2.80. The lowest BCUT2D eigenvalue weighted by molar-refractivity contribution is -0.134. The second-order valence-electron chi connectivity index (χ2n) is 12.6. The van der Waals surface area contributed by atoms with Crippen molar-refractivity contribution in [2.75, 3.05) is 0 Å². The predicted octanol–water partition coefficient (Wildman–Crippen LogP) is 5.99. The minimum Gasteiger partial charge on any atom is -0.393 e. The molecule has 2 spiro atoms. The van der Waals surface area contributed by atoms with Gasteiger partial charge in [0.25, 0.3) is 0 Å². The molecule has 1 saturated heterocycles. The molecule has 7 unspecified atom stereocenters. The third-order valence-electron chi connectivity index (χ3n) is 11.9. The van der Waals surface area contributed by atoms with Crippen molar-refractivity contribution < 1.29 is 11.3 Å². The zero-order valence-corrected chi connectivity index (χ0v) is 18.3. The number of hydrogen-bond donors (Lipinski definition) is 1. The number of aliphatic hydroxyl groups excluding tert-OH is 1. The van der Waals surface area contributed by atoms with E-state index in [1.165, 1.54) is 57.8 Å². The number of rotatable bonds is 1. The van der Waals surface area contributed by atoms with Crippen LogP contribution in [0.2, 0.25) is 0 Å². The van der Waals surface area contributed by atoms with E-state index in [1.54, 1.807) is 0 Å². The molecule has 5 saturated carbocycles. The lowest BCUT2D eigenvalue weighted by Gasteiger charge is -2.59. The van der Waals surface area contributed by atoms with E-state index >= 15 is 0 Å². The van der Waals surface area contributed by atoms with E-state index in [0.29, 0.717) is 28.5 Å². The van der Waals surface area contributed by atoms with Gasteiger partial charge in [-0.25, -0.2) is 0 Å². The third kappa shape index (κ3) is 1.94. The molecule has 0 amide bonds. The van der Waals surface area contributed by atoms with E-state index in [1.807, 2.05) is 6.08 Å². The fourth-order valence-corrected chi connectivity index (χ4v) is 10.4. The molecule has 1 aliphatic heterocycles. The van der Waals surface area contributed by atoms with Crippen LogP contribution in [0, 0.1) is 45.3 Å². The van der Waals surface area contributed by atoms with Crippen molar-refractivity contribution in [3.63, 3.8) is 0 Å². The standard InChI is InChI=1S/C26H40O2.H2/c1-5-16-6-7-18-20(28-16)14-19-17-8-9-21-23(2,3)22(27)10-11-26(21)15-25(17,26)13-12-24(18,19)4;/h5,16-22,27H,1,6-15H2,2-4H3;1H/t16?,17?,18?,19?,20?,21?,22-,24+,25-,26?;/m0./s1. The molecule has 2 nitrogen and oxygen atoms in total. The maximum atomic E-state index is 10.8. The molecule has 0 bridgehead atoms. The summed E-state index contributed by atoms with van der Waals surface area (Å²) in [7, 11) is 0. The van der Waals surface area contributed by atoms with Gasteiger partial charge in [0.15, 0.2) is 0 Å². The molecule has 2 heteroatoms. The Morgan fingerprint density at radius 2 is 1.71 bits per heavy atom. The van der Waals surface area contributed by atoms with Gasteiger partial charge in [0.1, 0.15) is 0 Å². The summed E-state index contributed by atoms with van der Waals surface area (Å²) in [6, 6.07) is 0. The summed E-state index contributed by atoms with van der Waals surface area (Å²) in [4.78, 5) is 0. The topological polar surface area (TPSA) is 29.5 Å². The normalized spacial score (nSPS) is 61.2. The molecule has 1 heterocycles. The Kier molecular flexibility index (Phi) is 3.60. The Balaban J connectivity index is 0.00000181. The van der Waals surface area contributed by atoms with Crippen molar-refractivity contribution in [1.29, 1.82) is 0 Å². The fraction of sp³-hybridized carbons (Fsp3) is 0.923. The van der Waals surface area contributed by atoms with Crippen LogP contribution >= 0.6 is 0 Å². The van der Waals surface area contributed by atoms with Gasteiger partial charge in [-0.05, 0) is 110 Å². The molecule has 0 aromatic carbocycles. The summed E-state index contributed by atoms with van der Waals surface area (Å²) < 4.78 is 6.54. The molecule has 158 valence electrons. The van der Waals surface area contributed by atoms with Gasteiger partial charge in [-0.15, -0.1) is 6.58 Å². The summed E-state index contributed by atoms with van der Waals surface area (Å²) in [6.45, 7) is 11.4. The average molecular weight is 387 g/mol. The largest absolute Gasteiger partial charge is 0.393 e. The molecule has 6 rings (SSSR count). The third-order valence-corrected chi connectivity index (χ3v) is 11.9. The molecular weight excluding hydrogens is 344 g/mol. The van der Waals surface area contributed by atoms with Crippen molar-refractivity contribution in [3.8, 4) is 0 Å². The summed E-state index contributed by atoms with van der Waals surface area (Å²) in [6.07, 6.45) is 16.0. The smallest absolute Gasteiger partial charge is 0.0757 e. The van der Waals surface area contributed by atoms with E-state index < -0.39 is 0 Å². The monoisotopic (exact) mass is 386 g/mol. The lowest BCUT2D eigenvalue weighted by Crippen LogP contribution is -2.54. The summed E-state index contributed by atoms with van der Waals surface area (Å²) in [5, 5.41) is 10.8. The van der Waals surface area contributed by atoms with Crippen molar-refractivity contribution in [1.82, 2.24) is 0 Å². The van der Waals surface area contributed by atoms with Gasteiger partial charge in [-0.2, -0.15) is 0 Å². The highest BCUT2D eigenvalue weighted by molar-refractivity contribution is 5.29. The molecule has 0 radical (unpaired) electrons. The van der Waals surface area contributed by atoms with Crippen molar-refractivity contribution in [2.24, 2.45) is 45.3 Å². The maximum absolute atomic E-state index is 10.8. The van der Waals surface area contributed by atoms with Gasteiger partial charge in [-0.1, -0.05) is 26.8 Å². The second kappa shape index (κ2) is 5.47. The lowest BCUT2D eigenvalue weighted by atomic mass is 9.46. The average Bonchev–Trinajstić information content (AvgIpc) is 3.25. The fourth-order valence-electron chi connectivity index (χ4n) is 10.4. The minimum atomic E-state index is -0.0928. The molecule has 28 heavy (non-hydrogen) atoms. The molecule has 10 atom stereocenters. The summed E-state index contributed by atoms with van der Waals surface area (Å²) in [5.41, 5.74) is 1.80. The first-order chi connectivity index (χ1) is 13.3. The zero-order valence-electron chi connectivity index (χ0n) is 18.3. The molecule has 0 aromatic heterocycles. The van der Waals surface area contributed by atoms with Crippen LogP contribution in [0.15, 0.2) is 12.7 Å². The quantitative estimate of drug-likeness (QED) is 0.561. The Morgan fingerprint density at radius 1 is 0.929 bits per heavy atom. The van der Waals surface area contributed by atoms with Crippen LogP contribution in [0.4, 0.5) is 0 Å². The van der Waals surface area contributed by atoms with Crippen LogP contribution in [0.25, 0.3) is 0 Å². The van der Waals surface area contributed by atoms with Crippen LogP contribution in [0.3, 0.4) is 0 Å². The van der Waals surface area contributed by atoms with Crippen LogP contribution in [-0.4, -0.2) is 23.4 Å². The van der Waals surface area contributed by atoms with E-state index in [-0.39, 0.29) is 12.9 Å². The van der Waals surface area contributed by atoms with Gasteiger partial charge in [0, 0.05) is 1.43 Å². The molecule has 0 aromatic rings. The van der Waals surface area contributed by atoms with Crippen molar-refractivity contribution in [2.45, 2.75) is 103 Å². The molecule has 5 aliphatic carbocycles. The second-order valence-corrected chi connectivity index (χ2v) is 12.6. The Morgan fingerprint density at radius 3 is 2.50 bits per heavy atom. The van der Waals surface area contributed by atoms with Crippen LogP contribution in [0.1, 0.15) is 86.4 Å². The van der Waals surface area contributed by atoms with E-state index in [4.69, 9.17) is 4.74 Å². The molecule has 1 N–H and O–H groups in total. The molecule has 6 fully saturated rings. The number of hydrogen-bond acceptors (Lipinski definition) is 2. The Bertz CT molecular complexity index is 705. The van der Waals surface area contributed by atoms with Crippen LogP contribution in [-0.2, 0) is 4.74 Å². The molecule has 6 aliphatic rings. The highest BCUT2D eigenvalue weighted by atomic mass is 16.5. The van der Waals surface area contributed by atoms with Gasteiger partial charge < -0.3 is 9.84 Å². The van der Waals surface area contributed by atoms with Crippen LogP contribution < -0.4 is 0 Å². The van der Waals surface area contributed by atoms with E-state index in [0.717, 1.165) is 30.1 Å². The first-order valence-electron chi connectivity index (χ1n) is 12.2. The first kappa shape index (κ1) is 18.4. The SMILES string of the molecule is C=CC1CCC2C(CC3C4CCC5C(C)(C)[C@@H](O)CCC56C[C@@]46CC[C@]23C)O1.[HH]. The Labute approximate surface area is 173 Å². The predicted molar refractivity (Wildman–Crippen MR) is 114 cm³/mol. The van der Waals surface area contributed by atoms with Gasteiger partial charge in [-0.3, -0.25) is 0 Å². The Hall–Kier alpha value is -0.340. The van der Waals surface area contributed by atoms with Gasteiger partial charge >= 0.3 is 0 Å². The zero-order chi connectivity index (χ0) is 19.5. The van der Waals surface area contributed by atoms with Crippen molar-refractivity contribution in [3.05, 3.63) is 12.7 Å². The van der Waals surface area contributed by atoms with Gasteiger partial charge in [0.05, 0.1) is 18.3 Å². The first-order valence-corrected chi connectivity index (χ1v) is 12.2. The number of ether oxygens (including phenoxy) is 1. The minimum absolute atomic E-state index is 0. The van der Waals surface area contributed by atoms with E-state index in [2.05, 4.69) is 27.4 Å². The summed E-state index contributed by atoms with van der Waals surface area (Å²) >= 11 is 0. The van der Waals surface area contributed by atoms with Crippen LogP contribution in [0.5, 0.6) is 0 Å². The van der Waals surface area contributed by atoms with E-state index in [9.17, 15) is 5.11 Å². The van der Waals surface area contributed by atoms with Gasteiger partial charge in [0.2, 0.25) is 0 Å². The van der Waals surface area contributed by atoms with Crippen molar-refractivity contribution >= 4 is 0 Å². The highest BCUT2D eigenvalue weighted by Crippen LogP contribution is 2.87. The maximum Gasteiger partial charge on any atom is 0.0757 e. The molecular formula is C26H42O2. The number of fused-ring (bicyclic) bond motifs is 4. The number of aliphatic hydroxyl groups is 1.